The number of piperidine rings is 1. The van der Waals surface area contributed by atoms with Gasteiger partial charge in [0, 0.05) is 61.6 Å². The van der Waals surface area contributed by atoms with Crippen molar-refractivity contribution in [2.75, 3.05) is 19.7 Å². The van der Waals surface area contributed by atoms with Crippen LogP contribution in [0, 0.1) is 5.92 Å². The van der Waals surface area contributed by atoms with Gasteiger partial charge in [-0.2, -0.15) is 0 Å². The van der Waals surface area contributed by atoms with E-state index in [1.807, 2.05) is 41.4 Å². The quantitative estimate of drug-likeness (QED) is 0.158. The highest BCUT2D eigenvalue weighted by molar-refractivity contribution is 9.10. The third kappa shape index (κ3) is 5.84. The maximum absolute atomic E-state index is 13.0. The summed E-state index contributed by atoms with van der Waals surface area (Å²) in [5.41, 5.74) is 3.05. The van der Waals surface area contributed by atoms with Gasteiger partial charge in [-0.25, -0.2) is 9.78 Å². The lowest BCUT2D eigenvalue weighted by Crippen LogP contribution is -2.44. The summed E-state index contributed by atoms with van der Waals surface area (Å²) in [5.74, 6) is 0.408. The number of fused-ring (bicyclic) bond motifs is 3. The van der Waals surface area contributed by atoms with Crippen LogP contribution < -0.4 is 0 Å². The lowest BCUT2D eigenvalue weighted by Gasteiger charge is -2.37. The van der Waals surface area contributed by atoms with Crippen LogP contribution in [0.15, 0.2) is 59.5 Å². The minimum atomic E-state index is -1.13. The van der Waals surface area contributed by atoms with E-state index in [0.717, 1.165) is 51.0 Å². The van der Waals surface area contributed by atoms with Crippen molar-refractivity contribution in [3.63, 3.8) is 0 Å². The summed E-state index contributed by atoms with van der Waals surface area (Å²) in [6.07, 6.45) is 6.82. The van der Waals surface area contributed by atoms with Crippen molar-refractivity contribution in [3.8, 4) is 0 Å². The van der Waals surface area contributed by atoms with Crippen molar-refractivity contribution in [1.29, 1.82) is 0 Å². The predicted octanol–water partition coefficient (Wildman–Crippen LogP) is 7.29. The van der Waals surface area contributed by atoms with Crippen LogP contribution in [-0.2, 0) is 22.8 Å². The lowest BCUT2D eigenvalue weighted by atomic mass is 9.93. The molecule has 3 aromatic heterocycles. The first-order valence-electron chi connectivity index (χ1n) is 13.4. The number of carbonyl (C=O) groups is 1. The summed E-state index contributed by atoms with van der Waals surface area (Å²) in [7, 11) is -1.13. The average molecular weight is 598 g/mol. The maximum Gasteiger partial charge on any atom is 0.410 e. The zero-order chi connectivity index (χ0) is 26.9. The number of carbonyl (C=O) groups excluding carboxylic acids is 1. The Labute approximate surface area is 233 Å². The summed E-state index contributed by atoms with van der Waals surface area (Å²) >= 11 is 3.77. The molecule has 1 aromatic carbocycles. The Morgan fingerprint density at radius 3 is 2.71 bits per heavy atom. The molecule has 1 aliphatic rings. The van der Waals surface area contributed by atoms with E-state index in [2.05, 4.69) is 70.1 Å². The van der Waals surface area contributed by atoms with Gasteiger partial charge in [-0.1, -0.05) is 56.9 Å². The third-order valence-electron chi connectivity index (χ3n) is 7.49. The van der Waals surface area contributed by atoms with Gasteiger partial charge in [-0.3, -0.25) is 0 Å². The van der Waals surface area contributed by atoms with Crippen LogP contribution in [-0.4, -0.2) is 52.9 Å². The Morgan fingerprint density at radius 1 is 1.16 bits per heavy atom. The lowest BCUT2D eigenvalue weighted by molar-refractivity contribution is 0.0698. The molecule has 0 bridgehead atoms. The second kappa shape index (κ2) is 11.2. The second-order valence-corrected chi connectivity index (χ2v) is 18.1. The molecule has 0 spiro atoms. The molecule has 5 rings (SSSR count). The predicted molar refractivity (Wildman–Crippen MR) is 158 cm³/mol. The number of pyridine rings is 1. The Balaban J connectivity index is 1.37. The molecule has 4 aromatic rings. The highest BCUT2D eigenvalue weighted by atomic mass is 79.9. The first kappa shape index (κ1) is 27.0. The molecule has 38 heavy (non-hydrogen) atoms. The number of hydrogen-bond acceptors (Lipinski definition) is 4. The van der Waals surface area contributed by atoms with E-state index < -0.39 is 8.07 Å². The smallest absolute Gasteiger partial charge is 0.410 e. The van der Waals surface area contributed by atoms with Crippen LogP contribution in [0.4, 0.5) is 4.79 Å². The molecular formula is C29H37BrN4O3Si. The van der Waals surface area contributed by atoms with Gasteiger partial charge in [0.05, 0.1) is 11.6 Å². The molecular weight excluding hydrogens is 560 g/mol. The van der Waals surface area contributed by atoms with Crippen LogP contribution in [0.5, 0.6) is 0 Å². The van der Waals surface area contributed by atoms with Gasteiger partial charge in [0.2, 0.25) is 0 Å². The van der Waals surface area contributed by atoms with Crippen LogP contribution in [0.1, 0.15) is 24.9 Å². The van der Waals surface area contributed by atoms with E-state index in [1.165, 1.54) is 0 Å². The normalized spacial score (nSPS) is 18.4. The molecule has 0 radical (unpaired) electrons. The molecule has 0 unspecified atom stereocenters. The first-order chi connectivity index (χ1) is 18.2. The number of benzene rings is 1. The van der Waals surface area contributed by atoms with Crippen LogP contribution >= 0.6 is 15.9 Å². The average Bonchev–Trinajstić information content (AvgIpc) is 3.46. The van der Waals surface area contributed by atoms with Crippen LogP contribution in [0.2, 0.25) is 25.7 Å². The number of halogens is 1. The Morgan fingerprint density at radius 2 is 1.95 bits per heavy atom. The number of ether oxygens (including phenoxy) is 2. The van der Waals surface area contributed by atoms with E-state index in [-0.39, 0.29) is 18.7 Å². The Bertz CT molecular complexity index is 1410. The Kier molecular flexibility index (Phi) is 7.97. The molecule has 1 aliphatic heterocycles. The number of aromatic nitrogens is 3. The fraction of sp³-hybridized carbons (Fsp3) is 0.448. The minimum absolute atomic E-state index is 0.128. The highest BCUT2D eigenvalue weighted by Gasteiger charge is 2.32. The number of nitrogens with zero attached hydrogens (tertiary/aromatic N) is 4. The SMILES string of the molecule is C[C@@H]1CCN(C(=O)OCc2ccccc2)C[C@@H]1n1cc(Br)c2cnc3c(ccn3COCC[Si](C)(C)C)c21. The van der Waals surface area contributed by atoms with Crippen LogP contribution in [0.3, 0.4) is 0 Å². The van der Waals surface area contributed by atoms with Crippen molar-refractivity contribution >= 4 is 52.0 Å². The summed E-state index contributed by atoms with van der Waals surface area (Å²) in [6.45, 7) is 12.2. The molecule has 202 valence electrons. The van der Waals surface area contributed by atoms with E-state index in [0.29, 0.717) is 25.7 Å². The standard InChI is InChI=1S/C29H37BrN4O3Si/c1-21-10-12-32(29(35)37-19-22-8-6-5-7-9-22)18-26(21)34-17-25(30)24-16-31-28-23(27(24)34)11-13-33(28)20-36-14-15-38(2,3)4/h5-9,11,13,16-17,21,26H,10,12,14-15,18-20H2,1-4H3/t21-,26+/m1/s1. The summed E-state index contributed by atoms with van der Waals surface area (Å²) < 4.78 is 17.1. The largest absolute Gasteiger partial charge is 0.445 e. The molecule has 0 saturated carbocycles. The van der Waals surface area contributed by atoms with Gasteiger partial charge in [0.1, 0.15) is 19.0 Å². The molecule has 1 amide bonds. The maximum atomic E-state index is 13.0. The molecule has 0 N–H and O–H groups in total. The zero-order valence-electron chi connectivity index (χ0n) is 22.7. The van der Waals surface area contributed by atoms with Crippen molar-refractivity contribution in [2.24, 2.45) is 5.92 Å². The summed E-state index contributed by atoms with van der Waals surface area (Å²) in [6, 6.07) is 13.2. The van der Waals surface area contributed by atoms with E-state index in [4.69, 9.17) is 14.5 Å². The summed E-state index contributed by atoms with van der Waals surface area (Å²) in [5, 5.41) is 2.17. The number of likely N-dealkylation sites (tertiary alicyclic amines) is 1. The molecule has 1 saturated heterocycles. The number of hydrogen-bond donors (Lipinski definition) is 0. The molecule has 9 heteroatoms. The van der Waals surface area contributed by atoms with Gasteiger partial charge < -0.3 is 23.5 Å². The first-order valence-corrected chi connectivity index (χ1v) is 17.9. The van der Waals surface area contributed by atoms with Crippen molar-refractivity contribution in [2.45, 2.75) is 58.4 Å². The molecule has 0 aliphatic carbocycles. The van der Waals surface area contributed by atoms with Gasteiger partial charge in [-0.15, -0.1) is 0 Å². The van der Waals surface area contributed by atoms with E-state index in [9.17, 15) is 4.79 Å². The van der Waals surface area contributed by atoms with E-state index >= 15 is 0 Å². The van der Waals surface area contributed by atoms with Gasteiger partial charge in [0.25, 0.3) is 0 Å². The monoisotopic (exact) mass is 596 g/mol. The summed E-state index contributed by atoms with van der Waals surface area (Å²) in [4.78, 5) is 19.6. The van der Waals surface area contributed by atoms with Gasteiger partial charge >= 0.3 is 6.09 Å². The third-order valence-corrected chi connectivity index (χ3v) is 9.83. The Hall–Kier alpha value is -2.62. The molecule has 7 nitrogen and oxygen atoms in total. The second-order valence-electron chi connectivity index (χ2n) is 11.6. The van der Waals surface area contributed by atoms with Crippen molar-refractivity contribution in [3.05, 3.63) is 65.0 Å². The topological polar surface area (TPSA) is 61.5 Å². The molecule has 2 atom stereocenters. The molecule has 4 heterocycles. The van der Waals surface area contributed by atoms with E-state index in [1.54, 1.807) is 0 Å². The van der Waals surface area contributed by atoms with Gasteiger partial charge in [0.15, 0.2) is 0 Å². The fourth-order valence-corrected chi connectivity index (χ4v) is 6.40. The van der Waals surface area contributed by atoms with Gasteiger partial charge in [-0.05, 0) is 45.9 Å². The number of amides is 1. The fourth-order valence-electron chi connectivity index (χ4n) is 5.13. The molecule has 1 fully saturated rings. The van der Waals surface area contributed by atoms with Crippen molar-refractivity contribution in [1.82, 2.24) is 19.0 Å². The highest BCUT2D eigenvalue weighted by Crippen LogP contribution is 2.38. The van der Waals surface area contributed by atoms with Crippen LogP contribution in [0.25, 0.3) is 21.9 Å². The zero-order valence-corrected chi connectivity index (χ0v) is 25.3. The van der Waals surface area contributed by atoms with Crippen molar-refractivity contribution < 1.29 is 14.3 Å². The number of rotatable bonds is 8. The minimum Gasteiger partial charge on any atom is -0.445 e.